The molecule has 2 rings (SSSR count). The SMILES string of the molecule is CCNC(=NCCCN1CCOCC1)NCCc1cc(F)ccc1F.I. The molecule has 148 valence electrons. The fourth-order valence-corrected chi connectivity index (χ4v) is 2.70. The molecule has 0 aromatic heterocycles. The van der Waals surface area contributed by atoms with Gasteiger partial charge in [0.2, 0.25) is 0 Å². The summed E-state index contributed by atoms with van der Waals surface area (Å²) < 4.78 is 32.1. The predicted molar refractivity (Wildman–Crippen MR) is 111 cm³/mol. The van der Waals surface area contributed by atoms with Crippen molar-refractivity contribution in [2.24, 2.45) is 4.99 Å². The first-order valence-electron chi connectivity index (χ1n) is 8.95. The standard InChI is InChI=1S/C18H28F2N4O.HI/c1-2-21-18(22-7-3-9-24-10-12-25-13-11-24)23-8-6-15-14-16(19)4-5-17(15)20;/h4-5,14H,2-3,6-13H2,1H3,(H2,21,22,23);1H. The fourth-order valence-electron chi connectivity index (χ4n) is 2.70. The van der Waals surface area contributed by atoms with Crippen LogP contribution in [0.1, 0.15) is 18.9 Å². The Morgan fingerprint density at radius 3 is 2.73 bits per heavy atom. The van der Waals surface area contributed by atoms with Gasteiger partial charge in [0.05, 0.1) is 13.2 Å². The first-order chi connectivity index (χ1) is 12.2. The highest BCUT2D eigenvalue weighted by Gasteiger charge is 2.09. The second-order valence-electron chi connectivity index (χ2n) is 5.98. The molecule has 0 unspecified atom stereocenters. The average molecular weight is 482 g/mol. The van der Waals surface area contributed by atoms with Crippen molar-refractivity contribution in [1.82, 2.24) is 15.5 Å². The van der Waals surface area contributed by atoms with Gasteiger partial charge in [0.15, 0.2) is 5.96 Å². The van der Waals surface area contributed by atoms with Crippen molar-refractivity contribution in [2.45, 2.75) is 19.8 Å². The summed E-state index contributed by atoms with van der Waals surface area (Å²) >= 11 is 0. The number of ether oxygens (including phenoxy) is 1. The van der Waals surface area contributed by atoms with Gasteiger partial charge in [-0.25, -0.2) is 8.78 Å². The van der Waals surface area contributed by atoms with E-state index in [1.807, 2.05) is 6.92 Å². The summed E-state index contributed by atoms with van der Waals surface area (Å²) in [6.45, 7) is 8.58. The second-order valence-corrected chi connectivity index (χ2v) is 5.98. The van der Waals surface area contributed by atoms with E-state index in [0.717, 1.165) is 64.5 Å². The Morgan fingerprint density at radius 2 is 2.00 bits per heavy atom. The zero-order valence-electron chi connectivity index (χ0n) is 15.3. The number of aliphatic imine (C=N–C) groups is 1. The van der Waals surface area contributed by atoms with E-state index >= 15 is 0 Å². The molecular weight excluding hydrogens is 453 g/mol. The number of morpholine rings is 1. The Bertz CT molecular complexity index is 554. The molecular formula is C18H29F2IN4O. The summed E-state index contributed by atoms with van der Waals surface area (Å²) in [7, 11) is 0. The van der Waals surface area contributed by atoms with Crippen LogP contribution in [0.3, 0.4) is 0 Å². The van der Waals surface area contributed by atoms with Gasteiger partial charge in [-0.3, -0.25) is 9.89 Å². The summed E-state index contributed by atoms with van der Waals surface area (Å²) in [5, 5.41) is 6.34. The maximum atomic E-state index is 13.6. The molecule has 2 N–H and O–H groups in total. The molecule has 1 fully saturated rings. The van der Waals surface area contributed by atoms with E-state index < -0.39 is 5.82 Å². The van der Waals surface area contributed by atoms with Gasteiger partial charge in [-0.15, -0.1) is 24.0 Å². The molecule has 8 heteroatoms. The van der Waals surface area contributed by atoms with Crippen molar-refractivity contribution in [3.05, 3.63) is 35.4 Å². The molecule has 1 aliphatic rings. The van der Waals surface area contributed by atoms with Crippen LogP contribution in [0, 0.1) is 11.6 Å². The Hall–Kier alpha value is -1.00. The van der Waals surface area contributed by atoms with Gasteiger partial charge in [0, 0.05) is 39.3 Å². The van der Waals surface area contributed by atoms with Crippen LogP contribution in [0.2, 0.25) is 0 Å². The third-order valence-electron chi connectivity index (χ3n) is 4.04. The number of hydrogen-bond acceptors (Lipinski definition) is 3. The van der Waals surface area contributed by atoms with E-state index in [-0.39, 0.29) is 29.8 Å². The summed E-state index contributed by atoms with van der Waals surface area (Å²) in [6, 6.07) is 3.53. The van der Waals surface area contributed by atoms with Crippen LogP contribution in [0.25, 0.3) is 0 Å². The molecule has 1 heterocycles. The first-order valence-corrected chi connectivity index (χ1v) is 8.95. The lowest BCUT2D eigenvalue weighted by molar-refractivity contribution is 0.0377. The van der Waals surface area contributed by atoms with Crippen LogP contribution in [0.15, 0.2) is 23.2 Å². The van der Waals surface area contributed by atoms with E-state index in [1.54, 1.807) is 0 Å². The molecule has 1 aromatic rings. The molecule has 5 nitrogen and oxygen atoms in total. The topological polar surface area (TPSA) is 48.9 Å². The predicted octanol–water partition coefficient (Wildman–Crippen LogP) is 2.40. The van der Waals surface area contributed by atoms with Gasteiger partial charge in [-0.05, 0) is 43.5 Å². The highest BCUT2D eigenvalue weighted by molar-refractivity contribution is 14.0. The monoisotopic (exact) mass is 482 g/mol. The van der Waals surface area contributed by atoms with Gasteiger partial charge < -0.3 is 15.4 Å². The van der Waals surface area contributed by atoms with Crippen LogP contribution in [-0.4, -0.2) is 63.3 Å². The van der Waals surface area contributed by atoms with Gasteiger partial charge in [0.25, 0.3) is 0 Å². The Kier molecular flexibility index (Phi) is 11.7. The molecule has 0 amide bonds. The van der Waals surface area contributed by atoms with Gasteiger partial charge in [-0.1, -0.05) is 0 Å². The minimum absolute atomic E-state index is 0. The largest absolute Gasteiger partial charge is 0.379 e. The minimum Gasteiger partial charge on any atom is -0.379 e. The summed E-state index contributed by atoms with van der Waals surface area (Å²) in [6.07, 6.45) is 1.39. The lowest BCUT2D eigenvalue weighted by Gasteiger charge is -2.26. The van der Waals surface area contributed by atoms with E-state index in [2.05, 4.69) is 20.5 Å². The van der Waals surface area contributed by atoms with Crippen molar-refractivity contribution in [1.29, 1.82) is 0 Å². The molecule has 0 saturated carbocycles. The summed E-state index contributed by atoms with van der Waals surface area (Å²) in [5.41, 5.74) is 0.371. The molecule has 1 aliphatic heterocycles. The van der Waals surface area contributed by atoms with E-state index in [4.69, 9.17) is 4.74 Å². The van der Waals surface area contributed by atoms with Crippen LogP contribution < -0.4 is 10.6 Å². The van der Waals surface area contributed by atoms with Crippen LogP contribution in [0.5, 0.6) is 0 Å². The van der Waals surface area contributed by atoms with Crippen molar-refractivity contribution in [2.75, 3.05) is 52.5 Å². The molecule has 0 aliphatic carbocycles. The zero-order valence-corrected chi connectivity index (χ0v) is 17.6. The number of rotatable bonds is 8. The number of guanidine groups is 1. The molecule has 0 bridgehead atoms. The maximum Gasteiger partial charge on any atom is 0.191 e. The third-order valence-corrected chi connectivity index (χ3v) is 4.04. The number of nitrogens with one attached hydrogen (secondary N) is 2. The van der Waals surface area contributed by atoms with Crippen molar-refractivity contribution < 1.29 is 13.5 Å². The zero-order chi connectivity index (χ0) is 17.9. The van der Waals surface area contributed by atoms with Gasteiger partial charge >= 0.3 is 0 Å². The highest BCUT2D eigenvalue weighted by atomic mass is 127. The molecule has 0 atom stereocenters. The van der Waals surface area contributed by atoms with Crippen molar-refractivity contribution >= 4 is 29.9 Å². The lowest BCUT2D eigenvalue weighted by Crippen LogP contribution is -2.39. The number of benzene rings is 1. The summed E-state index contributed by atoms with van der Waals surface area (Å²) in [5.74, 6) is -0.0861. The van der Waals surface area contributed by atoms with Crippen LogP contribution >= 0.6 is 24.0 Å². The molecule has 26 heavy (non-hydrogen) atoms. The molecule has 0 spiro atoms. The molecule has 1 saturated heterocycles. The van der Waals surface area contributed by atoms with E-state index in [1.165, 1.54) is 6.07 Å². The van der Waals surface area contributed by atoms with E-state index in [9.17, 15) is 8.78 Å². The number of halogens is 3. The quantitative estimate of drug-likeness (QED) is 0.259. The third kappa shape index (κ3) is 8.59. The fraction of sp³-hybridized carbons (Fsp3) is 0.611. The number of hydrogen-bond donors (Lipinski definition) is 2. The molecule has 0 radical (unpaired) electrons. The van der Waals surface area contributed by atoms with Crippen molar-refractivity contribution in [3.63, 3.8) is 0 Å². The Morgan fingerprint density at radius 1 is 1.23 bits per heavy atom. The number of nitrogens with zero attached hydrogens (tertiary/aromatic N) is 2. The van der Waals surface area contributed by atoms with Crippen LogP contribution in [-0.2, 0) is 11.2 Å². The maximum absolute atomic E-state index is 13.6. The first kappa shape index (κ1) is 23.0. The highest BCUT2D eigenvalue weighted by Crippen LogP contribution is 2.09. The van der Waals surface area contributed by atoms with Gasteiger partial charge in [0.1, 0.15) is 11.6 Å². The molecule has 1 aromatic carbocycles. The normalized spacial score (nSPS) is 15.4. The Labute approximate surface area is 171 Å². The van der Waals surface area contributed by atoms with Gasteiger partial charge in [-0.2, -0.15) is 0 Å². The van der Waals surface area contributed by atoms with Crippen LogP contribution in [0.4, 0.5) is 8.78 Å². The minimum atomic E-state index is -0.417. The van der Waals surface area contributed by atoms with Crippen molar-refractivity contribution in [3.8, 4) is 0 Å². The smallest absolute Gasteiger partial charge is 0.191 e. The second kappa shape index (κ2) is 13.2. The van der Waals surface area contributed by atoms with E-state index in [0.29, 0.717) is 24.5 Å². The average Bonchev–Trinajstić information content (AvgIpc) is 2.62. The Balaban J connectivity index is 0.00000338. The summed E-state index contributed by atoms with van der Waals surface area (Å²) in [4.78, 5) is 6.92. The lowest BCUT2D eigenvalue weighted by atomic mass is 10.1.